The molecule has 7 heteroatoms. The molecule has 0 spiro atoms. The summed E-state index contributed by atoms with van der Waals surface area (Å²) in [6.45, 7) is 0.434. The van der Waals surface area contributed by atoms with Crippen molar-refractivity contribution >= 4 is 28.5 Å². The minimum absolute atomic E-state index is 0.0400. The van der Waals surface area contributed by atoms with Gasteiger partial charge in [0.25, 0.3) is 5.91 Å². The van der Waals surface area contributed by atoms with Gasteiger partial charge in [0.1, 0.15) is 5.76 Å². The number of hydrogen-bond acceptors (Lipinski definition) is 5. The Kier molecular flexibility index (Phi) is 6.50. The molecule has 1 aromatic heterocycles. The molecule has 0 aliphatic heterocycles. The molecule has 0 radical (unpaired) electrons. The Bertz CT molecular complexity index is 686. The number of methoxy groups -OCH3 is 2. The fourth-order valence-electron chi connectivity index (χ4n) is 2.33. The first-order valence-electron chi connectivity index (χ1n) is 7.37. The van der Waals surface area contributed by atoms with Crippen molar-refractivity contribution in [3.63, 3.8) is 0 Å². The molecule has 24 heavy (non-hydrogen) atoms. The van der Waals surface area contributed by atoms with E-state index in [0.717, 1.165) is 9.33 Å². The van der Waals surface area contributed by atoms with Crippen molar-refractivity contribution in [2.24, 2.45) is 0 Å². The van der Waals surface area contributed by atoms with E-state index >= 15 is 0 Å². The number of hydrogen-bond donors (Lipinski definition) is 1. The monoisotopic (exact) mass is 444 g/mol. The molecule has 1 unspecified atom stereocenters. The Morgan fingerprint density at radius 3 is 2.50 bits per heavy atom. The van der Waals surface area contributed by atoms with Gasteiger partial charge in [-0.25, -0.2) is 0 Å². The number of nitrogens with one attached hydrogen (secondary N) is 1. The van der Waals surface area contributed by atoms with E-state index in [4.69, 9.17) is 13.9 Å². The molecule has 1 heterocycles. The molecule has 1 atom stereocenters. The van der Waals surface area contributed by atoms with Gasteiger partial charge in [0.05, 0.1) is 32.1 Å². The first kappa shape index (κ1) is 18.6. The zero-order chi connectivity index (χ0) is 17.7. The lowest BCUT2D eigenvalue weighted by Gasteiger charge is -2.22. The van der Waals surface area contributed by atoms with E-state index < -0.39 is 0 Å². The smallest absolute Gasteiger partial charge is 0.252 e. The topological polar surface area (TPSA) is 63.9 Å². The number of furan rings is 1. The number of halogens is 1. The third-order valence-electron chi connectivity index (χ3n) is 3.67. The standard InChI is InChI=1S/C17H21IN2O4/c1-20(2)13(14-6-5-7-24-14)10-19-17(21)11-8-15(22-3)16(23-4)9-12(11)18/h5-9,13H,10H2,1-4H3,(H,19,21). The molecule has 0 saturated heterocycles. The van der Waals surface area contributed by atoms with E-state index in [2.05, 4.69) is 27.9 Å². The lowest BCUT2D eigenvalue weighted by atomic mass is 10.1. The van der Waals surface area contributed by atoms with E-state index in [9.17, 15) is 4.79 Å². The van der Waals surface area contributed by atoms with Gasteiger partial charge >= 0.3 is 0 Å². The van der Waals surface area contributed by atoms with Crippen LogP contribution < -0.4 is 14.8 Å². The Balaban J connectivity index is 2.14. The number of rotatable bonds is 7. The van der Waals surface area contributed by atoms with Gasteiger partial charge < -0.3 is 19.2 Å². The van der Waals surface area contributed by atoms with Gasteiger partial charge in [0.2, 0.25) is 0 Å². The van der Waals surface area contributed by atoms with Crippen molar-refractivity contribution < 1.29 is 18.7 Å². The first-order valence-corrected chi connectivity index (χ1v) is 8.45. The van der Waals surface area contributed by atoms with Gasteiger partial charge in [-0.2, -0.15) is 0 Å². The SMILES string of the molecule is COc1cc(I)c(C(=O)NCC(c2ccco2)N(C)C)cc1OC. The summed E-state index contributed by atoms with van der Waals surface area (Å²) >= 11 is 2.11. The van der Waals surface area contributed by atoms with Crippen LogP contribution in [0, 0.1) is 3.57 Å². The second-order valence-corrected chi connectivity index (χ2v) is 6.55. The minimum atomic E-state index is -0.168. The maximum atomic E-state index is 12.6. The molecule has 1 N–H and O–H groups in total. The van der Waals surface area contributed by atoms with Crippen molar-refractivity contribution in [2.45, 2.75) is 6.04 Å². The van der Waals surface area contributed by atoms with Gasteiger partial charge in [0.15, 0.2) is 11.5 Å². The van der Waals surface area contributed by atoms with Crippen LogP contribution in [0.25, 0.3) is 0 Å². The molecule has 0 bridgehead atoms. The number of ether oxygens (including phenoxy) is 2. The van der Waals surface area contributed by atoms with Gasteiger partial charge in [0, 0.05) is 10.1 Å². The Morgan fingerprint density at radius 1 is 1.29 bits per heavy atom. The predicted octanol–water partition coefficient (Wildman–Crippen LogP) is 2.93. The van der Waals surface area contributed by atoms with Crippen LogP contribution in [0.3, 0.4) is 0 Å². The van der Waals surface area contributed by atoms with E-state index in [1.54, 1.807) is 32.6 Å². The Hall–Kier alpha value is -1.74. The van der Waals surface area contributed by atoms with Crippen LogP contribution in [0.5, 0.6) is 11.5 Å². The lowest BCUT2D eigenvalue weighted by molar-refractivity contribution is 0.0937. The van der Waals surface area contributed by atoms with Crippen molar-refractivity contribution in [1.82, 2.24) is 10.2 Å². The molecule has 6 nitrogen and oxygen atoms in total. The van der Waals surface area contributed by atoms with E-state index in [1.165, 1.54) is 0 Å². The molecule has 1 amide bonds. The number of nitrogens with zero attached hydrogens (tertiary/aromatic N) is 1. The van der Waals surface area contributed by atoms with Gasteiger partial charge in [-0.1, -0.05) is 0 Å². The zero-order valence-electron chi connectivity index (χ0n) is 14.1. The van der Waals surface area contributed by atoms with E-state index in [0.29, 0.717) is 23.6 Å². The number of likely N-dealkylation sites (N-methyl/N-ethyl adjacent to an activating group) is 1. The predicted molar refractivity (Wildman–Crippen MR) is 99.7 cm³/mol. The number of amides is 1. The molecule has 1 aromatic carbocycles. The summed E-state index contributed by atoms with van der Waals surface area (Å²) < 4.78 is 16.8. The quantitative estimate of drug-likeness (QED) is 0.666. The maximum absolute atomic E-state index is 12.6. The van der Waals surface area contributed by atoms with Crippen LogP contribution in [0.2, 0.25) is 0 Å². The first-order chi connectivity index (χ1) is 11.5. The summed E-state index contributed by atoms with van der Waals surface area (Å²) in [5.74, 6) is 1.76. The fraction of sp³-hybridized carbons (Fsp3) is 0.353. The lowest BCUT2D eigenvalue weighted by Crippen LogP contribution is -2.34. The average Bonchev–Trinajstić information content (AvgIpc) is 3.08. The van der Waals surface area contributed by atoms with Crippen LogP contribution in [-0.2, 0) is 0 Å². The Morgan fingerprint density at radius 2 is 1.96 bits per heavy atom. The van der Waals surface area contributed by atoms with Crippen molar-refractivity contribution in [3.05, 3.63) is 45.4 Å². The molecule has 0 saturated carbocycles. The highest BCUT2D eigenvalue weighted by atomic mass is 127. The highest BCUT2D eigenvalue weighted by Crippen LogP contribution is 2.31. The molecular formula is C17H21IN2O4. The summed E-state index contributed by atoms with van der Waals surface area (Å²) in [7, 11) is 7.00. The molecular weight excluding hydrogens is 423 g/mol. The summed E-state index contributed by atoms with van der Waals surface area (Å²) in [5, 5.41) is 2.96. The number of benzene rings is 1. The molecule has 2 aromatic rings. The molecule has 130 valence electrons. The summed E-state index contributed by atoms with van der Waals surface area (Å²) in [6, 6.07) is 7.17. The average molecular weight is 444 g/mol. The van der Waals surface area contributed by atoms with E-state index in [1.807, 2.05) is 31.1 Å². The number of carbonyl (C=O) groups is 1. The molecule has 0 aliphatic carbocycles. The highest BCUT2D eigenvalue weighted by molar-refractivity contribution is 14.1. The largest absolute Gasteiger partial charge is 0.493 e. The zero-order valence-corrected chi connectivity index (χ0v) is 16.3. The van der Waals surface area contributed by atoms with Crippen molar-refractivity contribution in [3.8, 4) is 11.5 Å². The molecule has 0 fully saturated rings. The van der Waals surface area contributed by atoms with Crippen LogP contribution in [0.4, 0.5) is 0 Å². The van der Waals surface area contributed by atoms with E-state index in [-0.39, 0.29) is 11.9 Å². The third kappa shape index (κ3) is 4.21. The third-order valence-corrected chi connectivity index (χ3v) is 4.56. The van der Waals surface area contributed by atoms with Gasteiger partial charge in [-0.3, -0.25) is 9.69 Å². The van der Waals surface area contributed by atoms with Gasteiger partial charge in [-0.15, -0.1) is 0 Å². The van der Waals surface area contributed by atoms with Crippen LogP contribution in [0.15, 0.2) is 34.9 Å². The highest BCUT2D eigenvalue weighted by Gasteiger charge is 2.20. The Labute approximate surface area is 155 Å². The van der Waals surface area contributed by atoms with Gasteiger partial charge in [-0.05, 0) is 61.0 Å². The van der Waals surface area contributed by atoms with Crippen LogP contribution in [-0.4, -0.2) is 45.7 Å². The van der Waals surface area contributed by atoms with Crippen molar-refractivity contribution in [1.29, 1.82) is 0 Å². The van der Waals surface area contributed by atoms with Crippen LogP contribution >= 0.6 is 22.6 Å². The molecule has 2 rings (SSSR count). The van der Waals surface area contributed by atoms with Crippen LogP contribution in [0.1, 0.15) is 22.2 Å². The number of carbonyl (C=O) groups excluding carboxylic acids is 1. The molecule has 0 aliphatic rings. The second kappa shape index (κ2) is 8.39. The second-order valence-electron chi connectivity index (χ2n) is 5.39. The maximum Gasteiger partial charge on any atom is 0.252 e. The fourth-order valence-corrected chi connectivity index (χ4v) is 3.01. The summed E-state index contributed by atoms with van der Waals surface area (Å²) in [6.07, 6.45) is 1.63. The minimum Gasteiger partial charge on any atom is -0.493 e. The van der Waals surface area contributed by atoms with Crippen molar-refractivity contribution in [2.75, 3.05) is 34.9 Å². The summed E-state index contributed by atoms with van der Waals surface area (Å²) in [4.78, 5) is 14.6. The normalized spacial score (nSPS) is 12.1. The summed E-state index contributed by atoms with van der Waals surface area (Å²) in [5.41, 5.74) is 0.546.